The normalized spacial score (nSPS) is 10.8. The molecule has 6 heteroatoms. The lowest BCUT2D eigenvalue weighted by molar-refractivity contribution is -0.130. The number of aryl methyl sites for hydroxylation is 1. The number of rotatable bonds is 6. The van der Waals surface area contributed by atoms with E-state index in [0.717, 1.165) is 20.5 Å². The zero-order valence-corrected chi connectivity index (χ0v) is 14.9. The smallest absolute Gasteiger partial charge is 0.222 e. The monoisotopic (exact) mass is 359 g/mol. The van der Waals surface area contributed by atoms with Gasteiger partial charge in [-0.05, 0) is 36.2 Å². The van der Waals surface area contributed by atoms with Crippen LogP contribution in [-0.4, -0.2) is 27.6 Å². The highest BCUT2D eigenvalue weighted by Crippen LogP contribution is 2.22. The minimum Gasteiger partial charge on any atom is -0.341 e. The van der Waals surface area contributed by atoms with E-state index in [-0.39, 0.29) is 5.91 Å². The molecule has 1 aromatic carbocycles. The summed E-state index contributed by atoms with van der Waals surface area (Å²) in [5, 5.41) is 4.36. The van der Waals surface area contributed by atoms with Gasteiger partial charge in [0.15, 0.2) is 0 Å². The Kier molecular flexibility index (Phi) is 5.33. The zero-order chi connectivity index (χ0) is 16.9. The van der Waals surface area contributed by atoms with Crippen molar-refractivity contribution in [3.63, 3.8) is 0 Å². The van der Waals surface area contributed by atoms with Crippen LogP contribution >= 0.6 is 22.9 Å². The summed E-state index contributed by atoms with van der Waals surface area (Å²) in [6, 6.07) is 13.8. The molecule has 0 fully saturated rings. The molecule has 0 saturated heterocycles. The number of halogens is 1. The van der Waals surface area contributed by atoms with Crippen molar-refractivity contribution in [1.29, 1.82) is 0 Å². The molecular formula is C18H18ClN3OS. The Morgan fingerprint density at radius 3 is 2.75 bits per heavy atom. The second-order valence-electron chi connectivity index (χ2n) is 5.58. The van der Waals surface area contributed by atoms with E-state index in [0.29, 0.717) is 19.4 Å². The molecule has 0 atom stereocenters. The Labute approximate surface area is 150 Å². The van der Waals surface area contributed by atoms with Crippen molar-refractivity contribution in [2.75, 3.05) is 7.05 Å². The summed E-state index contributed by atoms with van der Waals surface area (Å²) >= 11 is 7.43. The number of hydrogen-bond donors (Lipinski definition) is 0. The maximum atomic E-state index is 12.3. The van der Waals surface area contributed by atoms with Crippen LogP contribution in [-0.2, 0) is 17.8 Å². The molecule has 0 aliphatic carbocycles. The van der Waals surface area contributed by atoms with Crippen molar-refractivity contribution in [1.82, 2.24) is 14.7 Å². The molecule has 0 N–H and O–H groups in total. The van der Waals surface area contributed by atoms with Crippen molar-refractivity contribution >= 4 is 28.8 Å². The fourth-order valence-electron chi connectivity index (χ4n) is 2.41. The molecule has 0 unspecified atom stereocenters. The highest BCUT2D eigenvalue weighted by atomic mass is 35.5. The third-order valence-electron chi connectivity index (χ3n) is 3.73. The number of thiophene rings is 1. The second-order valence-corrected chi connectivity index (χ2v) is 7.38. The number of hydrogen-bond acceptors (Lipinski definition) is 3. The van der Waals surface area contributed by atoms with E-state index in [1.54, 1.807) is 4.90 Å². The van der Waals surface area contributed by atoms with E-state index < -0.39 is 0 Å². The highest BCUT2D eigenvalue weighted by Gasteiger charge is 2.11. The van der Waals surface area contributed by atoms with Crippen LogP contribution < -0.4 is 0 Å². The van der Waals surface area contributed by atoms with Gasteiger partial charge in [-0.25, -0.2) is 4.68 Å². The van der Waals surface area contributed by atoms with Gasteiger partial charge in [-0.2, -0.15) is 5.10 Å². The summed E-state index contributed by atoms with van der Waals surface area (Å²) in [4.78, 5) is 15.1. The summed E-state index contributed by atoms with van der Waals surface area (Å²) in [6.07, 6.45) is 4.94. The predicted octanol–water partition coefficient (Wildman–Crippen LogP) is 4.18. The summed E-state index contributed by atoms with van der Waals surface area (Å²) in [6.45, 7) is 0.597. The number of aromatic nitrogens is 2. The van der Waals surface area contributed by atoms with Crippen LogP contribution in [0.25, 0.3) is 5.69 Å². The average Bonchev–Trinajstić information content (AvgIpc) is 3.22. The molecule has 0 saturated carbocycles. The van der Waals surface area contributed by atoms with Crippen molar-refractivity contribution in [2.24, 2.45) is 0 Å². The summed E-state index contributed by atoms with van der Waals surface area (Å²) in [5.74, 6) is 0.118. The van der Waals surface area contributed by atoms with E-state index in [4.69, 9.17) is 11.6 Å². The van der Waals surface area contributed by atoms with Crippen molar-refractivity contribution in [3.8, 4) is 5.69 Å². The molecule has 2 heterocycles. The zero-order valence-electron chi connectivity index (χ0n) is 13.4. The number of carbonyl (C=O) groups excluding carboxylic acids is 1. The van der Waals surface area contributed by atoms with Crippen LogP contribution in [0.15, 0.2) is 54.9 Å². The van der Waals surface area contributed by atoms with Gasteiger partial charge in [-0.3, -0.25) is 4.79 Å². The maximum absolute atomic E-state index is 12.3. The van der Waals surface area contributed by atoms with Crippen LogP contribution in [0.2, 0.25) is 4.34 Å². The van der Waals surface area contributed by atoms with Gasteiger partial charge < -0.3 is 4.90 Å². The van der Waals surface area contributed by atoms with Crippen LogP contribution in [0.4, 0.5) is 0 Å². The molecule has 1 amide bonds. The number of benzene rings is 1. The lowest BCUT2D eigenvalue weighted by Crippen LogP contribution is -2.25. The first-order valence-corrected chi connectivity index (χ1v) is 8.88. The van der Waals surface area contributed by atoms with Gasteiger partial charge >= 0.3 is 0 Å². The Morgan fingerprint density at radius 1 is 1.25 bits per heavy atom. The molecule has 0 radical (unpaired) electrons. The Bertz CT molecular complexity index is 813. The van der Waals surface area contributed by atoms with Crippen LogP contribution in [0, 0.1) is 0 Å². The van der Waals surface area contributed by atoms with Crippen LogP contribution in [0.1, 0.15) is 16.9 Å². The summed E-state index contributed by atoms with van der Waals surface area (Å²) < 4.78 is 2.58. The molecule has 0 spiro atoms. The molecule has 124 valence electrons. The largest absolute Gasteiger partial charge is 0.341 e. The minimum atomic E-state index is 0.118. The quantitative estimate of drug-likeness (QED) is 0.662. The third kappa shape index (κ3) is 4.24. The fourth-order valence-corrected chi connectivity index (χ4v) is 3.55. The molecule has 24 heavy (non-hydrogen) atoms. The standard InChI is InChI=1S/C18H18ClN3OS/c1-21(13-16-8-9-17(19)24-16)18(23)10-7-14-11-20-22(12-14)15-5-3-2-4-6-15/h2-6,8-9,11-12H,7,10,13H2,1H3. The van der Waals surface area contributed by atoms with E-state index >= 15 is 0 Å². The van der Waals surface area contributed by atoms with Gasteiger partial charge in [0.25, 0.3) is 0 Å². The Morgan fingerprint density at radius 2 is 2.04 bits per heavy atom. The molecular weight excluding hydrogens is 342 g/mol. The first-order valence-electron chi connectivity index (χ1n) is 7.69. The van der Waals surface area contributed by atoms with Crippen molar-refractivity contribution in [3.05, 3.63) is 69.6 Å². The molecule has 3 aromatic rings. The Hall–Kier alpha value is -2.11. The van der Waals surface area contributed by atoms with Gasteiger partial charge in [-0.1, -0.05) is 29.8 Å². The summed E-state index contributed by atoms with van der Waals surface area (Å²) in [7, 11) is 1.82. The lowest BCUT2D eigenvalue weighted by Gasteiger charge is -2.15. The van der Waals surface area contributed by atoms with E-state index in [9.17, 15) is 4.79 Å². The summed E-state index contributed by atoms with van der Waals surface area (Å²) in [5.41, 5.74) is 2.07. The topological polar surface area (TPSA) is 38.1 Å². The Balaban J connectivity index is 1.53. The van der Waals surface area contributed by atoms with E-state index in [2.05, 4.69) is 5.10 Å². The third-order valence-corrected chi connectivity index (χ3v) is 4.95. The van der Waals surface area contributed by atoms with Gasteiger partial charge in [0.1, 0.15) is 0 Å². The number of nitrogens with zero attached hydrogens (tertiary/aromatic N) is 3. The second kappa shape index (κ2) is 7.64. The fraction of sp³-hybridized carbons (Fsp3) is 0.222. The molecule has 4 nitrogen and oxygen atoms in total. The molecule has 0 aliphatic heterocycles. The minimum absolute atomic E-state index is 0.118. The van der Waals surface area contributed by atoms with E-state index in [1.165, 1.54) is 11.3 Å². The van der Waals surface area contributed by atoms with Gasteiger partial charge in [0.2, 0.25) is 5.91 Å². The SMILES string of the molecule is CN(Cc1ccc(Cl)s1)C(=O)CCc1cnn(-c2ccccc2)c1. The maximum Gasteiger partial charge on any atom is 0.222 e. The van der Waals surface area contributed by atoms with Crippen LogP contribution in [0.5, 0.6) is 0 Å². The molecule has 3 rings (SSSR count). The van der Waals surface area contributed by atoms with Gasteiger partial charge in [0.05, 0.1) is 22.8 Å². The molecule has 2 aromatic heterocycles. The predicted molar refractivity (Wildman–Crippen MR) is 97.7 cm³/mol. The molecule has 0 aliphatic rings. The number of carbonyl (C=O) groups is 1. The first kappa shape index (κ1) is 16.7. The number of amides is 1. The first-order chi connectivity index (χ1) is 11.6. The highest BCUT2D eigenvalue weighted by molar-refractivity contribution is 7.16. The molecule has 0 bridgehead atoms. The van der Waals surface area contributed by atoms with Gasteiger partial charge in [-0.15, -0.1) is 11.3 Å². The van der Waals surface area contributed by atoms with Crippen molar-refractivity contribution < 1.29 is 4.79 Å². The van der Waals surface area contributed by atoms with Crippen molar-refractivity contribution in [2.45, 2.75) is 19.4 Å². The van der Waals surface area contributed by atoms with E-state index in [1.807, 2.05) is 66.6 Å². The van der Waals surface area contributed by atoms with Crippen LogP contribution in [0.3, 0.4) is 0 Å². The number of para-hydroxylation sites is 1. The average molecular weight is 360 g/mol. The lowest BCUT2D eigenvalue weighted by atomic mass is 10.2. The van der Waals surface area contributed by atoms with Gasteiger partial charge in [0, 0.05) is 24.5 Å².